The van der Waals surface area contributed by atoms with Crippen LogP contribution in [0.5, 0.6) is 5.75 Å². The second-order valence-corrected chi connectivity index (χ2v) is 5.70. The van der Waals surface area contributed by atoms with Gasteiger partial charge in [0.2, 0.25) is 5.91 Å². The van der Waals surface area contributed by atoms with E-state index >= 15 is 0 Å². The molecule has 0 unspecified atom stereocenters. The molecule has 4 nitrogen and oxygen atoms in total. The lowest BCUT2D eigenvalue weighted by atomic mass is 10.2. The maximum Gasteiger partial charge on any atom is 0.227 e. The number of hydrogen-bond donors (Lipinski definition) is 1. The molecule has 0 aliphatic carbocycles. The summed E-state index contributed by atoms with van der Waals surface area (Å²) in [4.78, 5) is 14.4. The van der Waals surface area contributed by atoms with Crippen LogP contribution in [0.3, 0.4) is 0 Å². The van der Waals surface area contributed by atoms with Gasteiger partial charge in [0.25, 0.3) is 0 Å². The van der Waals surface area contributed by atoms with E-state index in [9.17, 15) is 4.79 Å². The van der Waals surface area contributed by atoms with Crippen LogP contribution < -0.4 is 15.0 Å². The van der Waals surface area contributed by atoms with Gasteiger partial charge >= 0.3 is 0 Å². The Labute approximate surface area is 137 Å². The maximum absolute atomic E-state index is 12.0. The van der Waals surface area contributed by atoms with Gasteiger partial charge in [-0.1, -0.05) is 24.3 Å². The molecule has 1 heterocycles. The summed E-state index contributed by atoms with van der Waals surface area (Å²) in [5, 5.41) is 2.95. The Kier molecular flexibility index (Phi) is 5.14. The number of carbonyl (C=O) groups excluding carboxylic acids is 1. The van der Waals surface area contributed by atoms with Crippen LogP contribution in [0.2, 0.25) is 0 Å². The highest BCUT2D eigenvalue weighted by Crippen LogP contribution is 2.23. The molecule has 120 valence electrons. The molecule has 23 heavy (non-hydrogen) atoms. The van der Waals surface area contributed by atoms with Gasteiger partial charge in [-0.2, -0.15) is 0 Å². The molecule has 0 bridgehead atoms. The minimum absolute atomic E-state index is 0.0282. The van der Waals surface area contributed by atoms with E-state index in [4.69, 9.17) is 4.74 Å². The van der Waals surface area contributed by atoms with Crippen LogP contribution in [0.15, 0.2) is 54.6 Å². The number of benzene rings is 2. The number of anilines is 2. The van der Waals surface area contributed by atoms with Crippen molar-refractivity contribution >= 4 is 17.3 Å². The predicted molar refractivity (Wildman–Crippen MR) is 93.1 cm³/mol. The van der Waals surface area contributed by atoms with E-state index in [1.807, 2.05) is 48.5 Å². The van der Waals surface area contributed by atoms with Gasteiger partial charge in [0.05, 0.1) is 13.0 Å². The molecule has 0 saturated carbocycles. The van der Waals surface area contributed by atoms with Gasteiger partial charge < -0.3 is 15.0 Å². The molecule has 0 atom stereocenters. The van der Waals surface area contributed by atoms with E-state index in [1.165, 1.54) is 18.5 Å². The van der Waals surface area contributed by atoms with Crippen molar-refractivity contribution in [2.75, 3.05) is 29.9 Å². The quantitative estimate of drug-likeness (QED) is 0.884. The van der Waals surface area contributed by atoms with E-state index in [2.05, 4.69) is 16.3 Å². The van der Waals surface area contributed by atoms with Crippen molar-refractivity contribution in [1.29, 1.82) is 0 Å². The minimum Gasteiger partial charge on any atom is -0.493 e. The number of rotatable bonds is 6. The summed E-state index contributed by atoms with van der Waals surface area (Å²) in [5.41, 5.74) is 2.03. The predicted octanol–water partition coefficient (Wildman–Crippen LogP) is 3.69. The van der Waals surface area contributed by atoms with E-state index in [0.717, 1.165) is 24.5 Å². The summed E-state index contributed by atoms with van der Waals surface area (Å²) in [5.74, 6) is 0.760. The molecule has 0 aromatic heterocycles. The number of ether oxygens (including phenoxy) is 1. The average molecular weight is 310 g/mol. The summed E-state index contributed by atoms with van der Waals surface area (Å²) >= 11 is 0. The first kappa shape index (κ1) is 15.4. The van der Waals surface area contributed by atoms with E-state index in [1.54, 1.807) is 0 Å². The lowest BCUT2D eigenvalue weighted by Gasteiger charge is -2.18. The zero-order valence-corrected chi connectivity index (χ0v) is 13.2. The van der Waals surface area contributed by atoms with Crippen LogP contribution >= 0.6 is 0 Å². The summed E-state index contributed by atoms with van der Waals surface area (Å²) in [7, 11) is 0. The Morgan fingerprint density at radius 2 is 1.83 bits per heavy atom. The normalized spacial score (nSPS) is 13.8. The highest BCUT2D eigenvalue weighted by molar-refractivity contribution is 5.91. The second kappa shape index (κ2) is 7.68. The molecule has 0 spiro atoms. The molecule has 1 N–H and O–H groups in total. The SMILES string of the molecule is O=C(CCOc1ccccc1)Nc1cccc(N2CCCC2)c1. The molecule has 0 radical (unpaired) electrons. The Morgan fingerprint density at radius 1 is 1.04 bits per heavy atom. The molecule has 1 saturated heterocycles. The number of amides is 1. The summed E-state index contributed by atoms with van der Waals surface area (Å²) in [6.07, 6.45) is 2.82. The lowest BCUT2D eigenvalue weighted by Crippen LogP contribution is -2.18. The number of nitrogens with zero attached hydrogens (tertiary/aromatic N) is 1. The van der Waals surface area contributed by atoms with Crippen molar-refractivity contribution in [2.24, 2.45) is 0 Å². The van der Waals surface area contributed by atoms with Gasteiger partial charge in [-0.25, -0.2) is 0 Å². The third-order valence-corrected chi connectivity index (χ3v) is 3.94. The zero-order valence-electron chi connectivity index (χ0n) is 13.2. The van der Waals surface area contributed by atoms with Crippen LogP contribution in [-0.4, -0.2) is 25.6 Å². The van der Waals surface area contributed by atoms with Crippen molar-refractivity contribution in [1.82, 2.24) is 0 Å². The van der Waals surface area contributed by atoms with Crippen molar-refractivity contribution in [3.8, 4) is 5.75 Å². The van der Waals surface area contributed by atoms with Gasteiger partial charge in [0.15, 0.2) is 0 Å². The Morgan fingerprint density at radius 3 is 2.61 bits per heavy atom. The largest absolute Gasteiger partial charge is 0.493 e. The molecule has 1 amide bonds. The average Bonchev–Trinajstić information content (AvgIpc) is 3.11. The second-order valence-electron chi connectivity index (χ2n) is 5.70. The van der Waals surface area contributed by atoms with E-state index in [0.29, 0.717) is 13.0 Å². The number of hydrogen-bond acceptors (Lipinski definition) is 3. The van der Waals surface area contributed by atoms with Gasteiger partial charge in [-0.3, -0.25) is 4.79 Å². The Bertz CT molecular complexity index is 637. The third-order valence-electron chi connectivity index (χ3n) is 3.94. The number of carbonyl (C=O) groups is 1. The van der Waals surface area contributed by atoms with Gasteiger partial charge in [0, 0.05) is 24.5 Å². The highest BCUT2D eigenvalue weighted by Gasteiger charge is 2.12. The molecule has 1 aliphatic heterocycles. The summed E-state index contributed by atoms with van der Waals surface area (Å²) in [6, 6.07) is 17.6. The van der Waals surface area contributed by atoms with Crippen molar-refractivity contribution in [2.45, 2.75) is 19.3 Å². The number of para-hydroxylation sites is 1. The standard InChI is InChI=1S/C19H22N2O2/c22-19(11-14-23-18-9-2-1-3-10-18)20-16-7-6-8-17(15-16)21-12-4-5-13-21/h1-3,6-10,15H,4-5,11-14H2,(H,20,22). The zero-order chi connectivity index (χ0) is 15.9. The van der Waals surface area contributed by atoms with Crippen LogP contribution in [-0.2, 0) is 4.79 Å². The molecular formula is C19H22N2O2. The molecule has 2 aromatic rings. The fourth-order valence-corrected chi connectivity index (χ4v) is 2.76. The topological polar surface area (TPSA) is 41.6 Å². The third kappa shape index (κ3) is 4.49. The van der Waals surface area contributed by atoms with Crippen LogP contribution in [0.25, 0.3) is 0 Å². The monoisotopic (exact) mass is 310 g/mol. The maximum atomic E-state index is 12.0. The molecule has 1 fully saturated rings. The van der Waals surface area contributed by atoms with Crippen LogP contribution in [0.4, 0.5) is 11.4 Å². The van der Waals surface area contributed by atoms with Gasteiger partial charge in [-0.15, -0.1) is 0 Å². The minimum atomic E-state index is -0.0282. The molecule has 2 aromatic carbocycles. The molecule has 1 aliphatic rings. The van der Waals surface area contributed by atoms with Crippen LogP contribution in [0, 0.1) is 0 Å². The Balaban J connectivity index is 1.48. The first-order chi connectivity index (χ1) is 11.3. The molecule has 3 rings (SSSR count). The Hall–Kier alpha value is -2.49. The first-order valence-corrected chi connectivity index (χ1v) is 8.14. The fourth-order valence-electron chi connectivity index (χ4n) is 2.76. The van der Waals surface area contributed by atoms with Gasteiger partial charge in [0.1, 0.15) is 5.75 Å². The van der Waals surface area contributed by atoms with Crippen LogP contribution in [0.1, 0.15) is 19.3 Å². The lowest BCUT2D eigenvalue weighted by molar-refractivity contribution is -0.116. The smallest absolute Gasteiger partial charge is 0.227 e. The van der Waals surface area contributed by atoms with Crippen molar-refractivity contribution in [3.63, 3.8) is 0 Å². The molecule has 4 heteroatoms. The van der Waals surface area contributed by atoms with Crippen molar-refractivity contribution in [3.05, 3.63) is 54.6 Å². The summed E-state index contributed by atoms with van der Waals surface area (Å²) in [6.45, 7) is 2.58. The van der Waals surface area contributed by atoms with E-state index in [-0.39, 0.29) is 5.91 Å². The van der Waals surface area contributed by atoms with Crippen molar-refractivity contribution < 1.29 is 9.53 Å². The highest BCUT2D eigenvalue weighted by atomic mass is 16.5. The van der Waals surface area contributed by atoms with E-state index < -0.39 is 0 Å². The summed E-state index contributed by atoms with van der Waals surface area (Å²) < 4.78 is 5.55. The first-order valence-electron chi connectivity index (χ1n) is 8.14. The number of nitrogens with one attached hydrogen (secondary N) is 1. The molecular weight excluding hydrogens is 288 g/mol. The van der Waals surface area contributed by atoms with Gasteiger partial charge in [-0.05, 0) is 43.2 Å². The fraction of sp³-hybridized carbons (Fsp3) is 0.316.